The number of imide groups is 1. The van der Waals surface area contributed by atoms with Crippen LogP contribution in [-0.4, -0.2) is 61.0 Å². The van der Waals surface area contributed by atoms with Crippen molar-refractivity contribution in [3.8, 4) is 0 Å². The lowest BCUT2D eigenvalue weighted by atomic mass is 10.0. The van der Waals surface area contributed by atoms with E-state index in [1.54, 1.807) is 0 Å². The minimum Gasteiger partial charge on any atom is -0.379 e. The molecule has 2 aliphatic rings. The van der Waals surface area contributed by atoms with Gasteiger partial charge in [0.1, 0.15) is 5.70 Å². The first-order chi connectivity index (χ1) is 15.0. The Morgan fingerprint density at radius 3 is 2.35 bits per heavy atom. The molecule has 6 nitrogen and oxygen atoms in total. The van der Waals surface area contributed by atoms with Crippen molar-refractivity contribution >= 4 is 23.1 Å². The van der Waals surface area contributed by atoms with Crippen LogP contribution >= 0.6 is 0 Å². The first-order valence-electron chi connectivity index (χ1n) is 10.8. The van der Waals surface area contributed by atoms with Gasteiger partial charge in [-0.05, 0) is 43.5 Å². The van der Waals surface area contributed by atoms with Crippen LogP contribution in [0.5, 0.6) is 0 Å². The lowest BCUT2D eigenvalue weighted by Crippen LogP contribution is -2.39. The Kier molecular flexibility index (Phi) is 6.49. The highest BCUT2D eigenvalue weighted by molar-refractivity contribution is 6.36. The number of carbonyl (C=O) groups excluding carboxylic acids is 2. The number of amides is 2. The van der Waals surface area contributed by atoms with Gasteiger partial charge in [0.05, 0.1) is 18.8 Å². The molecule has 6 heteroatoms. The lowest BCUT2D eigenvalue weighted by Gasteiger charge is -2.27. The molecule has 0 spiro atoms. The molecular weight excluding hydrogens is 390 g/mol. The van der Waals surface area contributed by atoms with E-state index in [0.29, 0.717) is 17.8 Å². The van der Waals surface area contributed by atoms with E-state index in [-0.39, 0.29) is 11.8 Å². The molecule has 0 aromatic heterocycles. The third-order valence-electron chi connectivity index (χ3n) is 5.76. The summed E-state index contributed by atoms with van der Waals surface area (Å²) >= 11 is 0. The maximum Gasteiger partial charge on any atom is 0.278 e. The number of morpholine rings is 1. The van der Waals surface area contributed by atoms with Crippen molar-refractivity contribution in [2.75, 3.05) is 44.7 Å². The van der Waals surface area contributed by atoms with E-state index in [1.807, 2.05) is 62.4 Å². The third kappa shape index (κ3) is 4.86. The summed E-state index contributed by atoms with van der Waals surface area (Å²) in [5.74, 6) is -0.491. The quantitative estimate of drug-likeness (QED) is 0.699. The number of anilines is 1. The summed E-state index contributed by atoms with van der Waals surface area (Å²) in [6.45, 7) is 8.54. The second kappa shape index (κ2) is 9.45. The molecule has 0 unspecified atom stereocenters. The Morgan fingerprint density at radius 1 is 0.903 bits per heavy atom. The van der Waals surface area contributed by atoms with Crippen LogP contribution in [0.25, 0.3) is 5.57 Å². The van der Waals surface area contributed by atoms with Crippen molar-refractivity contribution in [1.29, 1.82) is 0 Å². The van der Waals surface area contributed by atoms with E-state index in [1.165, 1.54) is 4.90 Å². The number of nitrogens with one attached hydrogen (secondary N) is 1. The Balaban J connectivity index is 1.56. The number of hydrogen-bond donors (Lipinski definition) is 1. The maximum atomic E-state index is 13.3. The highest BCUT2D eigenvalue weighted by Gasteiger charge is 2.38. The zero-order chi connectivity index (χ0) is 21.8. The van der Waals surface area contributed by atoms with E-state index in [4.69, 9.17) is 4.74 Å². The van der Waals surface area contributed by atoms with Gasteiger partial charge in [0, 0.05) is 31.9 Å². The van der Waals surface area contributed by atoms with Gasteiger partial charge in [-0.25, -0.2) is 0 Å². The molecule has 31 heavy (non-hydrogen) atoms. The molecule has 1 N–H and O–H groups in total. The van der Waals surface area contributed by atoms with E-state index in [2.05, 4.69) is 10.2 Å². The van der Waals surface area contributed by atoms with Gasteiger partial charge in [-0.3, -0.25) is 19.4 Å². The second-order valence-electron chi connectivity index (χ2n) is 8.18. The van der Waals surface area contributed by atoms with Crippen molar-refractivity contribution in [2.24, 2.45) is 0 Å². The summed E-state index contributed by atoms with van der Waals surface area (Å²) in [7, 11) is 0. The standard InChI is InChI=1S/C25H29N3O3/c1-18-7-9-20(10-8-18)22-23(26-21-6-3-5-19(2)17-21)25(30)28(24(22)29)12-4-11-27-13-15-31-16-14-27/h3,5-10,17,26H,4,11-16H2,1-2H3. The smallest absolute Gasteiger partial charge is 0.278 e. The molecule has 2 amide bonds. The molecule has 0 atom stereocenters. The van der Waals surface area contributed by atoms with Gasteiger partial charge in [-0.1, -0.05) is 42.0 Å². The van der Waals surface area contributed by atoms with Crippen LogP contribution in [-0.2, 0) is 14.3 Å². The van der Waals surface area contributed by atoms with E-state index < -0.39 is 0 Å². The highest BCUT2D eigenvalue weighted by atomic mass is 16.5. The molecule has 0 aliphatic carbocycles. The van der Waals surface area contributed by atoms with Gasteiger partial charge in [0.25, 0.3) is 11.8 Å². The van der Waals surface area contributed by atoms with Crippen molar-refractivity contribution in [2.45, 2.75) is 20.3 Å². The topological polar surface area (TPSA) is 61.9 Å². The first-order valence-corrected chi connectivity index (χ1v) is 10.8. The predicted molar refractivity (Wildman–Crippen MR) is 121 cm³/mol. The molecule has 4 rings (SSSR count). The van der Waals surface area contributed by atoms with E-state index in [0.717, 1.165) is 61.6 Å². The van der Waals surface area contributed by atoms with Crippen molar-refractivity contribution in [3.05, 3.63) is 70.9 Å². The number of nitrogens with zero attached hydrogens (tertiary/aromatic N) is 2. The van der Waals surface area contributed by atoms with E-state index in [9.17, 15) is 9.59 Å². The Bertz CT molecular complexity index is 991. The number of ether oxygens (including phenoxy) is 1. The molecule has 162 valence electrons. The van der Waals surface area contributed by atoms with Crippen LogP contribution in [0.4, 0.5) is 5.69 Å². The number of aryl methyl sites for hydroxylation is 2. The van der Waals surface area contributed by atoms with Crippen LogP contribution in [0.1, 0.15) is 23.1 Å². The van der Waals surface area contributed by atoms with Gasteiger partial charge in [0.2, 0.25) is 0 Å². The zero-order valence-electron chi connectivity index (χ0n) is 18.2. The summed E-state index contributed by atoms with van der Waals surface area (Å²) in [5, 5.41) is 3.24. The molecule has 0 bridgehead atoms. The molecule has 2 aromatic rings. The first kappa shape index (κ1) is 21.3. The number of carbonyl (C=O) groups is 2. The molecule has 0 saturated carbocycles. The van der Waals surface area contributed by atoms with Gasteiger partial charge >= 0.3 is 0 Å². The molecule has 2 aliphatic heterocycles. The normalized spacial score (nSPS) is 17.5. The molecule has 0 radical (unpaired) electrons. The molecule has 1 fully saturated rings. The SMILES string of the molecule is Cc1ccc(C2=C(Nc3cccc(C)c3)C(=O)N(CCCN3CCOCC3)C2=O)cc1. The van der Waals surface area contributed by atoms with Gasteiger partial charge in [-0.15, -0.1) is 0 Å². The third-order valence-corrected chi connectivity index (χ3v) is 5.76. The minimum absolute atomic E-state index is 0.231. The fourth-order valence-electron chi connectivity index (χ4n) is 4.03. The predicted octanol–water partition coefficient (Wildman–Crippen LogP) is 3.22. The van der Waals surface area contributed by atoms with Crippen LogP contribution in [0.2, 0.25) is 0 Å². The molecule has 2 aromatic carbocycles. The summed E-state index contributed by atoms with van der Waals surface area (Å²) < 4.78 is 5.39. The number of rotatable bonds is 7. The number of benzene rings is 2. The number of hydrogen-bond acceptors (Lipinski definition) is 5. The van der Waals surface area contributed by atoms with Crippen molar-refractivity contribution in [3.63, 3.8) is 0 Å². The van der Waals surface area contributed by atoms with Crippen LogP contribution in [0.15, 0.2) is 54.2 Å². The Labute approximate surface area is 183 Å². The van der Waals surface area contributed by atoms with Gasteiger partial charge < -0.3 is 10.1 Å². The average molecular weight is 420 g/mol. The van der Waals surface area contributed by atoms with Crippen molar-refractivity contribution in [1.82, 2.24) is 9.80 Å². The van der Waals surface area contributed by atoms with Crippen LogP contribution in [0.3, 0.4) is 0 Å². The summed E-state index contributed by atoms with van der Waals surface area (Å²) in [5.41, 5.74) is 4.55. The second-order valence-corrected chi connectivity index (χ2v) is 8.18. The van der Waals surface area contributed by atoms with Crippen molar-refractivity contribution < 1.29 is 14.3 Å². The maximum absolute atomic E-state index is 13.3. The van der Waals surface area contributed by atoms with Crippen LogP contribution in [0, 0.1) is 13.8 Å². The minimum atomic E-state index is -0.260. The fourth-order valence-corrected chi connectivity index (χ4v) is 4.03. The van der Waals surface area contributed by atoms with Gasteiger partial charge in [-0.2, -0.15) is 0 Å². The largest absolute Gasteiger partial charge is 0.379 e. The van der Waals surface area contributed by atoms with E-state index >= 15 is 0 Å². The lowest BCUT2D eigenvalue weighted by molar-refractivity contribution is -0.136. The Hall–Kier alpha value is -2.96. The highest BCUT2D eigenvalue weighted by Crippen LogP contribution is 2.31. The zero-order valence-corrected chi connectivity index (χ0v) is 18.2. The molecular formula is C25H29N3O3. The Morgan fingerprint density at radius 2 is 1.65 bits per heavy atom. The summed E-state index contributed by atoms with van der Waals surface area (Å²) in [6.07, 6.45) is 0.746. The van der Waals surface area contributed by atoms with Crippen LogP contribution < -0.4 is 5.32 Å². The fraction of sp³-hybridized carbons (Fsp3) is 0.360. The monoisotopic (exact) mass is 419 g/mol. The van der Waals surface area contributed by atoms with Gasteiger partial charge in [0.15, 0.2) is 0 Å². The molecule has 1 saturated heterocycles. The summed E-state index contributed by atoms with van der Waals surface area (Å²) in [4.78, 5) is 30.3. The average Bonchev–Trinajstić information content (AvgIpc) is 2.99. The summed E-state index contributed by atoms with van der Waals surface area (Å²) in [6, 6.07) is 15.6. The molecule has 2 heterocycles.